The van der Waals surface area contributed by atoms with Crippen molar-refractivity contribution in [2.24, 2.45) is 4.99 Å². The Labute approximate surface area is 101 Å². The lowest BCUT2D eigenvalue weighted by Crippen LogP contribution is -2.19. The molecule has 2 rings (SSSR count). The van der Waals surface area contributed by atoms with Gasteiger partial charge in [-0.2, -0.15) is 4.99 Å². The van der Waals surface area contributed by atoms with Crippen molar-refractivity contribution in [3.05, 3.63) is 28.8 Å². The first-order valence-electron chi connectivity index (χ1n) is 5.99. The van der Waals surface area contributed by atoms with Gasteiger partial charge in [-0.3, -0.25) is 0 Å². The van der Waals surface area contributed by atoms with Crippen LogP contribution in [0.5, 0.6) is 5.75 Å². The van der Waals surface area contributed by atoms with E-state index >= 15 is 0 Å². The number of benzene rings is 1. The fourth-order valence-electron chi connectivity index (χ4n) is 2.67. The van der Waals surface area contributed by atoms with E-state index < -0.39 is 5.54 Å². The van der Waals surface area contributed by atoms with Crippen molar-refractivity contribution in [1.29, 1.82) is 0 Å². The molecule has 3 heteroatoms. The molecule has 0 saturated heterocycles. The normalized spacial score (nSPS) is 17.8. The van der Waals surface area contributed by atoms with Gasteiger partial charge in [-0.05, 0) is 37.8 Å². The van der Waals surface area contributed by atoms with Crippen molar-refractivity contribution in [2.45, 2.75) is 45.1 Å². The lowest BCUT2D eigenvalue weighted by molar-refractivity contribution is 0.406. The van der Waals surface area contributed by atoms with Crippen LogP contribution in [0.15, 0.2) is 17.1 Å². The summed E-state index contributed by atoms with van der Waals surface area (Å²) in [5, 5.41) is 10.2. The van der Waals surface area contributed by atoms with Crippen molar-refractivity contribution in [2.75, 3.05) is 0 Å². The van der Waals surface area contributed by atoms with Gasteiger partial charge in [-0.15, -0.1) is 0 Å². The number of aromatic hydroxyl groups is 1. The average molecular weight is 231 g/mol. The standard InChI is InChI=1S/C14H17NO2/c1-10-5-6-12(13(17)11(10)2)14(15-9-16)7-3-4-8-14/h5-6,17H,3-4,7-8H2,1-2H3. The lowest BCUT2D eigenvalue weighted by Gasteiger charge is -2.25. The quantitative estimate of drug-likeness (QED) is 0.628. The van der Waals surface area contributed by atoms with Gasteiger partial charge in [-0.25, -0.2) is 4.79 Å². The molecule has 1 aliphatic rings. The summed E-state index contributed by atoms with van der Waals surface area (Å²) in [4.78, 5) is 14.6. The molecule has 0 atom stereocenters. The van der Waals surface area contributed by atoms with Gasteiger partial charge in [0.05, 0.1) is 0 Å². The summed E-state index contributed by atoms with van der Waals surface area (Å²) in [7, 11) is 0. The van der Waals surface area contributed by atoms with E-state index in [4.69, 9.17) is 0 Å². The summed E-state index contributed by atoms with van der Waals surface area (Å²) in [5.41, 5.74) is 2.16. The molecule has 1 aromatic rings. The molecule has 1 aromatic carbocycles. The minimum Gasteiger partial charge on any atom is -0.507 e. The topological polar surface area (TPSA) is 49.7 Å². The van der Waals surface area contributed by atoms with E-state index in [0.717, 1.165) is 42.4 Å². The van der Waals surface area contributed by atoms with E-state index in [9.17, 15) is 9.90 Å². The number of phenols is 1. The van der Waals surface area contributed by atoms with Gasteiger partial charge in [-0.1, -0.05) is 25.0 Å². The van der Waals surface area contributed by atoms with Crippen molar-refractivity contribution in [3.8, 4) is 5.75 Å². The van der Waals surface area contributed by atoms with Crippen molar-refractivity contribution in [3.63, 3.8) is 0 Å². The fraction of sp³-hybridized carbons (Fsp3) is 0.500. The Morgan fingerprint density at radius 2 is 1.94 bits per heavy atom. The Hall–Kier alpha value is -1.60. The van der Waals surface area contributed by atoms with E-state index in [0.29, 0.717) is 0 Å². The summed E-state index contributed by atoms with van der Waals surface area (Å²) in [5.74, 6) is 0.283. The number of phenolic OH excluding ortho intramolecular Hbond substituents is 1. The highest BCUT2D eigenvalue weighted by molar-refractivity contribution is 5.50. The molecular formula is C14H17NO2. The van der Waals surface area contributed by atoms with Crippen LogP contribution in [0.3, 0.4) is 0 Å². The largest absolute Gasteiger partial charge is 0.507 e. The Kier molecular flexibility index (Phi) is 3.03. The van der Waals surface area contributed by atoms with Gasteiger partial charge in [0, 0.05) is 5.56 Å². The first-order chi connectivity index (χ1) is 8.10. The highest BCUT2D eigenvalue weighted by Gasteiger charge is 2.38. The highest BCUT2D eigenvalue weighted by atomic mass is 16.3. The van der Waals surface area contributed by atoms with E-state index in [1.807, 2.05) is 26.0 Å². The molecule has 0 spiro atoms. The second-order valence-corrected chi connectivity index (χ2v) is 4.85. The molecule has 0 aliphatic heterocycles. The molecule has 1 saturated carbocycles. The fourth-order valence-corrected chi connectivity index (χ4v) is 2.67. The number of carbonyl (C=O) groups excluding carboxylic acids is 1. The van der Waals surface area contributed by atoms with Gasteiger partial charge in [0.25, 0.3) is 0 Å². The molecule has 0 heterocycles. The first kappa shape index (κ1) is 11.9. The molecular weight excluding hydrogens is 214 g/mol. The third kappa shape index (κ3) is 1.87. The van der Waals surface area contributed by atoms with E-state index in [-0.39, 0.29) is 5.75 Å². The van der Waals surface area contributed by atoms with Crippen LogP contribution < -0.4 is 0 Å². The Balaban J connectivity index is 2.58. The minimum absolute atomic E-state index is 0.283. The van der Waals surface area contributed by atoms with Crippen LogP contribution in [-0.4, -0.2) is 11.2 Å². The molecule has 1 fully saturated rings. The molecule has 90 valence electrons. The van der Waals surface area contributed by atoms with Crippen LogP contribution in [0, 0.1) is 13.8 Å². The van der Waals surface area contributed by atoms with Crippen LogP contribution in [0.2, 0.25) is 0 Å². The molecule has 0 unspecified atom stereocenters. The summed E-state index contributed by atoms with van der Waals surface area (Å²) in [6.45, 7) is 3.85. The number of rotatable bonds is 2. The van der Waals surface area contributed by atoms with Crippen LogP contribution in [0.1, 0.15) is 42.4 Å². The number of hydrogen-bond acceptors (Lipinski definition) is 3. The maximum Gasteiger partial charge on any atom is 0.235 e. The molecule has 3 nitrogen and oxygen atoms in total. The summed E-state index contributed by atoms with van der Waals surface area (Å²) >= 11 is 0. The average Bonchev–Trinajstić information content (AvgIpc) is 2.76. The second kappa shape index (κ2) is 4.34. The van der Waals surface area contributed by atoms with Crippen LogP contribution in [0.25, 0.3) is 0 Å². The van der Waals surface area contributed by atoms with Crippen LogP contribution in [-0.2, 0) is 10.3 Å². The van der Waals surface area contributed by atoms with E-state index in [2.05, 4.69) is 4.99 Å². The second-order valence-electron chi connectivity index (χ2n) is 4.85. The van der Waals surface area contributed by atoms with Crippen molar-refractivity contribution < 1.29 is 9.90 Å². The molecule has 0 amide bonds. The summed E-state index contributed by atoms with van der Waals surface area (Å²) < 4.78 is 0. The molecule has 1 aliphatic carbocycles. The zero-order valence-electron chi connectivity index (χ0n) is 10.3. The van der Waals surface area contributed by atoms with E-state index in [1.165, 1.54) is 0 Å². The highest BCUT2D eigenvalue weighted by Crippen LogP contribution is 2.46. The molecule has 1 N–H and O–H groups in total. The maximum absolute atomic E-state index is 10.6. The molecule has 0 aromatic heterocycles. The number of hydrogen-bond donors (Lipinski definition) is 1. The van der Waals surface area contributed by atoms with Gasteiger partial charge in [0.1, 0.15) is 11.3 Å². The van der Waals surface area contributed by atoms with Crippen LogP contribution >= 0.6 is 0 Å². The summed E-state index contributed by atoms with van der Waals surface area (Å²) in [6.07, 6.45) is 5.39. The molecule has 0 radical (unpaired) electrons. The van der Waals surface area contributed by atoms with Gasteiger partial charge < -0.3 is 5.11 Å². The zero-order valence-corrected chi connectivity index (χ0v) is 10.3. The Morgan fingerprint density at radius 1 is 1.29 bits per heavy atom. The number of aryl methyl sites for hydroxylation is 1. The summed E-state index contributed by atoms with van der Waals surface area (Å²) in [6, 6.07) is 3.87. The van der Waals surface area contributed by atoms with Gasteiger partial charge in [0.15, 0.2) is 0 Å². The Bertz CT molecular complexity index is 481. The smallest absolute Gasteiger partial charge is 0.235 e. The number of aliphatic imine (C=N–C) groups is 1. The van der Waals surface area contributed by atoms with Gasteiger partial charge in [0.2, 0.25) is 6.08 Å². The minimum atomic E-state index is -0.537. The third-order valence-corrected chi connectivity index (χ3v) is 3.89. The van der Waals surface area contributed by atoms with E-state index in [1.54, 1.807) is 6.08 Å². The van der Waals surface area contributed by atoms with Gasteiger partial charge >= 0.3 is 0 Å². The van der Waals surface area contributed by atoms with Crippen LogP contribution in [0.4, 0.5) is 0 Å². The SMILES string of the molecule is Cc1ccc(C2(N=C=O)CCCC2)c(O)c1C. The molecule has 0 bridgehead atoms. The maximum atomic E-state index is 10.6. The predicted molar refractivity (Wildman–Crippen MR) is 65.8 cm³/mol. The monoisotopic (exact) mass is 231 g/mol. The molecule has 17 heavy (non-hydrogen) atoms. The lowest BCUT2D eigenvalue weighted by atomic mass is 9.86. The number of nitrogens with zero attached hydrogens (tertiary/aromatic N) is 1. The van der Waals surface area contributed by atoms with Crippen molar-refractivity contribution >= 4 is 6.08 Å². The zero-order chi connectivity index (χ0) is 12.5. The Morgan fingerprint density at radius 3 is 2.53 bits per heavy atom. The van der Waals surface area contributed by atoms with Crippen molar-refractivity contribution in [1.82, 2.24) is 0 Å². The first-order valence-corrected chi connectivity index (χ1v) is 5.99. The predicted octanol–water partition coefficient (Wildman–Crippen LogP) is 3.11. The third-order valence-electron chi connectivity index (χ3n) is 3.89. The number of isocyanates is 1.